The summed E-state index contributed by atoms with van der Waals surface area (Å²) in [5, 5.41) is 0. The molecular formula is C19H26N2O2. The summed E-state index contributed by atoms with van der Waals surface area (Å²) in [6.45, 7) is 1.46. The maximum atomic E-state index is 12.4. The third-order valence-electron chi connectivity index (χ3n) is 5.13. The summed E-state index contributed by atoms with van der Waals surface area (Å²) in [4.78, 5) is 26.4. The normalized spacial score (nSPS) is 18.6. The smallest absolute Gasteiger partial charge is 0.223 e. The standard InChI is InChI=1S/C19H26N2O2/c20-17-9-11-21(12-10-17)19(23)8-7-18(22)16-6-5-14-3-1-2-4-15(14)13-16/h5-6,13,17H,1-4,7-12,20H2. The molecule has 0 bridgehead atoms. The zero-order chi connectivity index (χ0) is 16.2. The average Bonchev–Trinajstić information content (AvgIpc) is 2.59. The molecule has 2 N–H and O–H groups in total. The van der Waals surface area contributed by atoms with E-state index in [4.69, 9.17) is 5.73 Å². The Kier molecular flexibility index (Phi) is 5.11. The minimum atomic E-state index is 0.0837. The van der Waals surface area contributed by atoms with Crippen molar-refractivity contribution in [2.24, 2.45) is 5.73 Å². The number of rotatable bonds is 4. The second-order valence-corrected chi connectivity index (χ2v) is 6.83. The molecule has 1 aliphatic heterocycles. The number of benzene rings is 1. The van der Waals surface area contributed by atoms with Crippen molar-refractivity contribution in [1.29, 1.82) is 0 Å². The number of piperidine rings is 1. The molecule has 4 nitrogen and oxygen atoms in total. The van der Waals surface area contributed by atoms with Gasteiger partial charge in [0, 0.05) is 37.5 Å². The molecule has 1 saturated heterocycles. The number of ketones is 1. The minimum Gasteiger partial charge on any atom is -0.343 e. The molecule has 23 heavy (non-hydrogen) atoms. The number of nitrogens with zero attached hydrogens (tertiary/aromatic N) is 1. The highest BCUT2D eigenvalue weighted by Gasteiger charge is 2.21. The van der Waals surface area contributed by atoms with E-state index in [1.54, 1.807) is 0 Å². The molecule has 1 heterocycles. The van der Waals surface area contributed by atoms with E-state index in [-0.39, 0.29) is 17.7 Å². The van der Waals surface area contributed by atoms with Gasteiger partial charge in [-0.3, -0.25) is 9.59 Å². The first-order valence-electron chi connectivity index (χ1n) is 8.82. The van der Waals surface area contributed by atoms with Crippen LogP contribution in [0.5, 0.6) is 0 Å². The zero-order valence-corrected chi connectivity index (χ0v) is 13.7. The lowest BCUT2D eigenvalue weighted by Gasteiger charge is -2.30. The quantitative estimate of drug-likeness (QED) is 0.868. The molecule has 1 amide bonds. The van der Waals surface area contributed by atoms with Gasteiger partial charge in [0.25, 0.3) is 0 Å². The summed E-state index contributed by atoms with van der Waals surface area (Å²) in [6, 6.07) is 6.28. The van der Waals surface area contributed by atoms with Gasteiger partial charge in [-0.1, -0.05) is 12.1 Å². The van der Waals surface area contributed by atoms with Crippen LogP contribution in [0, 0.1) is 0 Å². The molecular weight excluding hydrogens is 288 g/mol. The van der Waals surface area contributed by atoms with Crippen molar-refractivity contribution >= 4 is 11.7 Å². The molecule has 0 spiro atoms. The summed E-state index contributed by atoms with van der Waals surface area (Å²) in [5.74, 6) is 0.170. The Bertz CT molecular complexity index is 589. The Morgan fingerprint density at radius 2 is 1.74 bits per heavy atom. The molecule has 2 aliphatic rings. The number of aryl methyl sites for hydroxylation is 2. The number of hydrogen-bond acceptors (Lipinski definition) is 3. The van der Waals surface area contributed by atoms with E-state index < -0.39 is 0 Å². The van der Waals surface area contributed by atoms with E-state index in [0.717, 1.165) is 44.3 Å². The van der Waals surface area contributed by atoms with E-state index in [0.29, 0.717) is 12.8 Å². The zero-order valence-electron chi connectivity index (χ0n) is 13.7. The summed E-state index contributed by atoms with van der Waals surface area (Å²) in [5.41, 5.74) is 9.32. The van der Waals surface area contributed by atoms with Gasteiger partial charge in [0.1, 0.15) is 0 Å². The largest absolute Gasteiger partial charge is 0.343 e. The van der Waals surface area contributed by atoms with Crippen molar-refractivity contribution in [2.45, 2.75) is 57.4 Å². The van der Waals surface area contributed by atoms with Crippen LogP contribution in [-0.4, -0.2) is 35.7 Å². The second-order valence-electron chi connectivity index (χ2n) is 6.83. The van der Waals surface area contributed by atoms with Crippen molar-refractivity contribution < 1.29 is 9.59 Å². The van der Waals surface area contributed by atoms with Crippen LogP contribution in [0.15, 0.2) is 18.2 Å². The Labute approximate surface area is 138 Å². The highest BCUT2D eigenvalue weighted by atomic mass is 16.2. The molecule has 4 heteroatoms. The molecule has 124 valence electrons. The number of carbonyl (C=O) groups excluding carboxylic acids is 2. The van der Waals surface area contributed by atoms with Crippen LogP contribution in [0.4, 0.5) is 0 Å². The van der Waals surface area contributed by atoms with Crippen LogP contribution >= 0.6 is 0 Å². The molecule has 1 aromatic carbocycles. The van der Waals surface area contributed by atoms with Crippen LogP contribution in [0.1, 0.15) is 60.0 Å². The lowest BCUT2D eigenvalue weighted by Crippen LogP contribution is -2.42. The molecule has 1 aromatic rings. The fraction of sp³-hybridized carbons (Fsp3) is 0.579. The van der Waals surface area contributed by atoms with E-state index in [1.807, 2.05) is 17.0 Å². The van der Waals surface area contributed by atoms with Crippen LogP contribution < -0.4 is 5.73 Å². The van der Waals surface area contributed by atoms with Gasteiger partial charge in [-0.15, -0.1) is 0 Å². The number of hydrogen-bond donors (Lipinski definition) is 1. The van der Waals surface area contributed by atoms with Crippen LogP contribution in [0.3, 0.4) is 0 Å². The number of amides is 1. The lowest BCUT2D eigenvalue weighted by atomic mass is 9.89. The molecule has 0 aromatic heterocycles. The topological polar surface area (TPSA) is 63.4 Å². The predicted molar refractivity (Wildman–Crippen MR) is 90.4 cm³/mol. The fourth-order valence-electron chi connectivity index (χ4n) is 3.58. The van der Waals surface area contributed by atoms with Gasteiger partial charge in [-0.2, -0.15) is 0 Å². The number of fused-ring (bicyclic) bond motifs is 1. The van der Waals surface area contributed by atoms with Crippen molar-refractivity contribution in [3.8, 4) is 0 Å². The van der Waals surface area contributed by atoms with Gasteiger partial charge in [0.2, 0.25) is 5.91 Å². The van der Waals surface area contributed by atoms with Crippen molar-refractivity contribution in [3.05, 3.63) is 34.9 Å². The van der Waals surface area contributed by atoms with E-state index in [9.17, 15) is 9.59 Å². The maximum absolute atomic E-state index is 12.4. The van der Waals surface area contributed by atoms with Crippen LogP contribution in [0.2, 0.25) is 0 Å². The average molecular weight is 314 g/mol. The molecule has 0 saturated carbocycles. The van der Waals surface area contributed by atoms with Gasteiger partial charge in [-0.05, 0) is 55.7 Å². The highest BCUT2D eigenvalue weighted by Crippen LogP contribution is 2.23. The van der Waals surface area contributed by atoms with E-state index in [1.165, 1.54) is 24.0 Å². The SMILES string of the molecule is NC1CCN(C(=O)CCC(=O)c2ccc3c(c2)CCCC3)CC1. The summed E-state index contributed by atoms with van der Waals surface area (Å²) < 4.78 is 0. The molecule has 1 fully saturated rings. The first-order chi connectivity index (χ1) is 11.1. The van der Waals surface area contributed by atoms with Gasteiger partial charge >= 0.3 is 0 Å². The Morgan fingerprint density at radius 3 is 2.48 bits per heavy atom. The van der Waals surface area contributed by atoms with Gasteiger partial charge in [0.05, 0.1) is 0 Å². The van der Waals surface area contributed by atoms with Crippen molar-refractivity contribution in [2.75, 3.05) is 13.1 Å². The molecule has 1 aliphatic carbocycles. The third kappa shape index (κ3) is 3.99. The summed E-state index contributed by atoms with van der Waals surface area (Å²) in [6.07, 6.45) is 7.00. The highest BCUT2D eigenvalue weighted by molar-refractivity contribution is 5.98. The number of Topliss-reactive ketones (excluding diaryl/α,β-unsaturated/α-hetero) is 1. The first kappa shape index (κ1) is 16.2. The minimum absolute atomic E-state index is 0.0837. The predicted octanol–water partition coefficient (Wildman–Crippen LogP) is 2.48. The second kappa shape index (κ2) is 7.26. The number of nitrogens with two attached hydrogens (primary N) is 1. The van der Waals surface area contributed by atoms with Crippen LogP contribution in [-0.2, 0) is 17.6 Å². The van der Waals surface area contributed by atoms with Gasteiger partial charge in [0.15, 0.2) is 5.78 Å². The van der Waals surface area contributed by atoms with Crippen molar-refractivity contribution in [3.63, 3.8) is 0 Å². The fourth-order valence-corrected chi connectivity index (χ4v) is 3.58. The van der Waals surface area contributed by atoms with Gasteiger partial charge < -0.3 is 10.6 Å². The molecule has 0 atom stereocenters. The summed E-state index contributed by atoms with van der Waals surface area (Å²) in [7, 11) is 0. The molecule has 0 unspecified atom stereocenters. The lowest BCUT2D eigenvalue weighted by molar-refractivity contribution is -0.132. The first-order valence-corrected chi connectivity index (χ1v) is 8.82. The summed E-state index contributed by atoms with van der Waals surface area (Å²) >= 11 is 0. The monoisotopic (exact) mass is 314 g/mol. The van der Waals surface area contributed by atoms with E-state index in [2.05, 4.69) is 6.07 Å². The maximum Gasteiger partial charge on any atom is 0.223 e. The third-order valence-corrected chi connectivity index (χ3v) is 5.13. The molecule has 0 radical (unpaired) electrons. The Hall–Kier alpha value is -1.68. The Balaban J connectivity index is 1.54. The number of likely N-dealkylation sites (tertiary alicyclic amines) is 1. The van der Waals surface area contributed by atoms with Gasteiger partial charge in [-0.25, -0.2) is 0 Å². The molecule has 3 rings (SSSR count). The Morgan fingerprint density at radius 1 is 1.04 bits per heavy atom. The number of carbonyl (C=O) groups is 2. The van der Waals surface area contributed by atoms with Crippen LogP contribution in [0.25, 0.3) is 0 Å². The van der Waals surface area contributed by atoms with Crippen molar-refractivity contribution in [1.82, 2.24) is 4.90 Å². The van der Waals surface area contributed by atoms with E-state index >= 15 is 0 Å².